The number of carbonyl (C=O) groups is 1. The number of hydrogen-bond donors (Lipinski definition) is 2. The Morgan fingerprint density at radius 1 is 1.16 bits per heavy atom. The molecule has 0 bridgehead atoms. The minimum absolute atomic E-state index is 0.177. The van der Waals surface area contributed by atoms with E-state index in [1.807, 2.05) is 25.1 Å². The van der Waals surface area contributed by atoms with Crippen LogP contribution in [0.3, 0.4) is 0 Å². The third-order valence-electron chi connectivity index (χ3n) is 5.07. The van der Waals surface area contributed by atoms with E-state index in [-0.39, 0.29) is 17.7 Å². The molecule has 0 fully saturated rings. The van der Waals surface area contributed by atoms with E-state index in [4.69, 9.17) is 4.42 Å². The van der Waals surface area contributed by atoms with E-state index in [9.17, 15) is 4.79 Å². The van der Waals surface area contributed by atoms with E-state index < -0.39 is 0 Å². The predicted octanol–water partition coefficient (Wildman–Crippen LogP) is 6.78. The lowest BCUT2D eigenvalue weighted by molar-refractivity contribution is 0.0997. The third kappa shape index (κ3) is 5.06. The molecule has 2 N–H and O–H groups in total. The number of anilines is 2. The number of nitrogens with one attached hydrogen (secondary N) is 2. The van der Waals surface area contributed by atoms with E-state index in [0.29, 0.717) is 0 Å². The van der Waals surface area contributed by atoms with Crippen molar-refractivity contribution in [2.24, 2.45) is 0 Å². The van der Waals surface area contributed by atoms with Crippen molar-refractivity contribution in [3.05, 3.63) is 94.4 Å². The summed E-state index contributed by atoms with van der Waals surface area (Å²) in [5.41, 5.74) is 3.05. The standard InChI is InChI=1S/C25H25N3O2S2/c1-4-18-15-20(25(32-18)28-24(29)21-8-6-14-30-21)23(17-10-12-19(31-3)13-11-17)27-22-9-5-7-16(2)26-22/h5-15,23H,4H2,1-3H3,(H,26,27)(H,28,29)/t23-/m0/s1. The lowest BCUT2D eigenvalue weighted by Gasteiger charge is -2.21. The molecule has 0 aliphatic rings. The molecular weight excluding hydrogens is 438 g/mol. The number of aromatic nitrogens is 1. The van der Waals surface area contributed by atoms with Crippen LogP contribution in [-0.2, 0) is 6.42 Å². The van der Waals surface area contributed by atoms with Gasteiger partial charge >= 0.3 is 0 Å². The Labute approximate surface area is 196 Å². The quantitative estimate of drug-likeness (QED) is 0.282. The van der Waals surface area contributed by atoms with Gasteiger partial charge in [0, 0.05) is 21.0 Å². The molecule has 0 aliphatic heterocycles. The molecule has 0 unspecified atom stereocenters. The zero-order valence-electron chi connectivity index (χ0n) is 18.2. The monoisotopic (exact) mass is 463 g/mol. The summed E-state index contributed by atoms with van der Waals surface area (Å²) in [6.45, 7) is 4.09. The van der Waals surface area contributed by atoms with E-state index >= 15 is 0 Å². The van der Waals surface area contributed by atoms with Crippen molar-refractivity contribution in [1.82, 2.24) is 4.98 Å². The van der Waals surface area contributed by atoms with Crippen molar-refractivity contribution >= 4 is 39.8 Å². The van der Waals surface area contributed by atoms with Crippen LogP contribution in [0.4, 0.5) is 10.8 Å². The SMILES string of the molecule is CCc1cc([C@@H](Nc2cccc(C)n2)c2ccc(SC)cc2)c(NC(=O)c2ccco2)s1. The first kappa shape index (κ1) is 22.2. The van der Waals surface area contributed by atoms with Crippen LogP contribution in [0, 0.1) is 6.92 Å². The van der Waals surface area contributed by atoms with E-state index in [2.05, 4.69) is 59.1 Å². The molecule has 4 aromatic rings. The highest BCUT2D eigenvalue weighted by atomic mass is 32.2. The fraction of sp³-hybridized carbons (Fsp3) is 0.200. The molecule has 3 heterocycles. The Morgan fingerprint density at radius 2 is 1.97 bits per heavy atom. The van der Waals surface area contributed by atoms with Gasteiger partial charge in [0.25, 0.3) is 5.91 Å². The molecule has 164 valence electrons. The van der Waals surface area contributed by atoms with Crippen molar-refractivity contribution in [2.45, 2.75) is 31.2 Å². The molecule has 0 radical (unpaired) electrons. The topological polar surface area (TPSA) is 67.2 Å². The first-order chi connectivity index (χ1) is 15.6. The Morgan fingerprint density at radius 3 is 2.62 bits per heavy atom. The Balaban J connectivity index is 1.75. The highest BCUT2D eigenvalue weighted by molar-refractivity contribution is 7.98. The second kappa shape index (κ2) is 10.1. The van der Waals surface area contributed by atoms with E-state index in [1.165, 1.54) is 16.0 Å². The van der Waals surface area contributed by atoms with Crippen LogP contribution >= 0.6 is 23.1 Å². The van der Waals surface area contributed by atoms with Crippen molar-refractivity contribution in [1.29, 1.82) is 0 Å². The first-order valence-electron chi connectivity index (χ1n) is 10.4. The van der Waals surface area contributed by atoms with Crippen LogP contribution in [0.25, 0.3) is 0 Å². The molecule has 1 atom stereocenters. The van der Waals surface area contributed by atoms with Crippen LogP contribution < -0.4 is 10.6 Å². The molecule has 3 aromatic heterocycles. The second-order valence-corrected chi connectivity index (χ2v) is 9.31. The molecule has 4 rings (SSSR count). The molecule has 1 amide bonds. The van der Waals surface area contributed by atoms with Crippen LogP contribution in [-0.4, -0.2) is 17.1 Å². The number of hydrogen-bond acceptors (Lipinski definition) is 6. The number of furan rings is 1. The van der Waals surface area contributed by atoms with Gasteiger partial charge in [-0.25, -0.2) is 4.98 Å². The van der Waals surface area contributed by atoms with Gasteiger partial charge in [0.15, 0.2) is 5.76 Å². The number of thioether (sulfide) groups is 1. The predicted molar refractivity (Wildman–Crippen MR) is 133 cm³/mol. The van der Waals surface area contributed by atoms with Gasteiger partial charge in [-0.2, -0.15) is 0 Å². The fourth-order valence-corrected chi connectivity index (χ4v) is 4.86. The van der Waals surface area contributed by atoms with Gasteiger partial charge in [0.05, 0.1) is 12.3 Å². The van der Waals surface area contributed by atoms with Crippen molar-refractivity contribution in [3.8, 4) is 0 Å². The maximum atomic E-state index is 12.7. The van der Waals surface area contributed by atoms with Gasteiger partial charge in [-0.15, -0.1) is 23.1 Å². The van der Waals surface area contributed by atoms with Gasteiger partial charge in [-0.3, -0.25) is 4.79 Å². The van der Waals surface area contributed by atoms with Crippen molar-refractivity contribution in [3.63, 3.8) is 0 Å². The smallest absolute Gasteiger partial charge is 0.291 e. The highest BCUT2D eigenvalue weighted by Crippen LogP contribution is 2.38. The normalized spacial score (nSPS) is 11.8. The fourth-order valence-electron chi connectivity index (χ4n) is 3.43. The molecule has 0 saturated heterocycles. The van der Waals surface area contributed by atoms with Gasteiger partial charge in [-0.05, 0) is 67.6 Å². The minimum Gasteiger partial charge on any atom is -0.459 e. The first-order valence-corrected chi connectivity index (χ1v) is 12.4. The van der Waals surface area contributed by atoms with Crippen LogP contribution in [0.1, 0.15) is 45.2 Å². The van der Waals surface area contributed by atoms with Gasteiger partial charge in [-0.1, -0.05) is 25.1 Å². The zero-order valence-corrected chi connectivity index (χ0v) is 19.8. The lowest BCUT2D eigenvalue weighted by Crippen LogP contribution is -2.17. The molecule has 0 spiro atoms. The van der Waals surface area contributed by atoms with E-state index in [0.717, 1.165) is 34.1 Å². The average molecular weight is 464 g/mol. The Kier molecular flexibility index (Phi) is 6.97. The number of aryl methyl sites for hydroxylation is 2. The molecule has 32 heavy (non-hydrogen) atoms. The van der Waals surface area contributed by atoms with Crippen molar-refractivity contribution < 1.29 is 9.21 Å². The summed E-state index contributed by atoms with van der Waals surface area (Å²) in [7, 11) is 0. The van der Waals surface area contributed by atoms with Gasteiger partial charge in [0.1, 0.15) is 10.8 Å². The molecular formula is C25H25N3O2S2. The summed E-state index contributed by atoms with van der Waals surface area (Å²) in [5.74, 6) is 0.819. The maximum Gasteiger partial charge on any atom is 0.291 e. The zero-order chi connectivity index (χ0) is 22.5. The lowest BCUT2D eigenvalue weighted by atomic mass is 9.99. The summed E-state index contributed by atoms with van der Waals surface area (Å²) in [6, 6.07) is 19.8. The minimum atomic E-state index is -0.258. The number of benzene rings is 1. The Hall–Kier alpha value is -3.03. The van der Waals surface area contributed by atoms with Gasteiger partial charge in [0.2, 0.25) is 0 Å². The molecule has 1 aromatic carbocycles. The van der Waals surface area contributed by atoms with Gasteiger partial charge < -0.3 is 15.1 Å². The number of amides is 1. The van der Waals surface area contributed by atoms with Crippen LogP contribution in [0.15, 0.2) is 76.2 Å². The summed E-state index contributed by atoms with van der Waals surface area (Å²) < 4.78 is 5.28. The maximum absolute atomic E-state index is 12.7. The number of rotatable bonds is 8. The van der Waals surface area contributed by atoms with Crippen LogP contribution in [0.5, 0.6) is 0 Å². The average Bonchev–Trinajstić information content (AvgIpc) is 3.48. The van der Waals surface area contributed by atoms with E-state index in [1.54, 1.807) is 35.2 Å². The third-order valence-corrected chi connectivity index (χ3v) is 7.03. The summed E-state index contributed by atoms with van der Waals surface area (Å²) in [5, 5.41) is 7.46. The number of pyridine rings is 1. The number of nitrogens with zero attached hydrogens (tertiary/aromatic N) is 1. The summed E-state index contributed by atoms with van der Waals surface area (Å²) in [6.07, 6.45) is 4.45. The van der Waals surface area contributed by atoms with Crippen LogP contribution in [0.2, 0.25) is 0 Å². The highest BCUT2D eigenvalue weighted by Gasteiger charge is 2.23. The number of thiophene rings is 1. The summed E-state index contributed by atoms with van der Waals surface area (Å²) >= 11 is 3.30. The number of carbonyl (C=O) groups excluding carboxylic acids is 1. The van der Waals surface area contributed by atoms with Crippen molar-refractivity contribution in [2.75, 3.05) is 16.9 Å². The molecule has 5 nitrogen and oxygen atoms in total. The summed E-state index contributed by atoms with van der Waals surface area (Å²) in [4.78, 5) is 19.8. The Bertz CT molecular complexity index is 1180. The molecule has 0 saturated carbocycles. The molecule has 0 aliphatic carbocycles. The largest absolute Gasteiger partial charge is 0.459 e. The second-order valence-electron chi connectivity index (χ2n) is 7.30. The molecule has 7 heteroatoms.